The van der Waals surface area contributed by atoms with Crippen LogP contribution in [0.2, 0.25) is 0 Å². The van der Waals surface area contributed by atoms with Gasteiger partial charge in [0.15, 0.2) is 0 Å². The van der Waals surface area contributed by atoms with E-state index < -0.39 is 0 Å². The summed E-state index contributed by atoms with van der Waals surface area (Å²) in [7, 11) is 0. The van der Waals surface area contributed by atoms with Crippen molar-refractivity contribution in [2.45, 2.75) is 34.1 Å². The van der Waals surface area contributed by atoms with E-state index >= 15 is 0 Å². The molecular weight excluding hydrogens is 228 g/mol. The van der Waals surface area contributed by atoms with Crippen molar-refractivity contribution in [2.75, 3.05) is 11.5 Å². The fourth-order valence-electron chi connectivity index (χ4n) is 1.66. The van der Waals surface area contributed by atoms with Crippen LogP contribution < -0.4 is 0 Å². The summed E-state index contributed by atoms with van der Waals surface area (Å²) >= 11 is 1.75. The summed E-state index contributed by atoms with van der Waals surface area (Å²) in [6.07, 6.45) is 0.582. The van der Waals surface area contributed by atoms with Gasteiger partial charge in [0.2, 0.25) is 0 Å². The zero-order valence-electron chi connectivity index (χ0n) is 11.2. The summed E-state index contributed by atoms with van der Waals surface area (Å²) in [6.45, 7) is 8.51. The Bertz CT molecular complexity index is 383. The average Bonchev–Trinajstić information content (AvgIpc) is 2.23. The van der Waals surface area contributed by atoms with Crippen molar-refractivity contribution in [2.24, 2.45) is 5.92 Å². The van der Waals surface area contributed by atoms with Gasteiger partial charge in [-0.05, 0) is 36.6 Å². The molecule has 0 aliphatic heterocycles. The SMILES string of the molecule is Cc1ccc(C)c(CC(=O)CSCC(C)C)c1. The first kappa shape index (κ1) is 14.3. The Kier molecular flexibility index (Phi) is 5.76. The normalized spacial score (nSPS) is 10.9. The Hall–Kier alpha value is -0.760. The molecule has 0 amide bonds. The monoisotopic (exact) mass is 250 g/mol. The number of carbonyl (C=O) groups excluding carboxylic acids is 1. The van der Waals surface area contributed by atoms with Crippen LogP contribution in [-0.2, 0) is 11.2 Å². The molecule has 0 unspecified atom stereocenters. The van der Waals surface area contributed by atoms with Crippen molar-refractivity contribution in [3.8, 4) is 0 Å². The highest BCUT2D eigenvalue weighted by Crippen LogP contribution is 2.14. The molecular formula is C15H22OS. The molecule has 0 heterocycles. The van der Waals surface area contributed by atoms with Crippen molar-refractivity contribution in [3.05, 3.63) is 34.9 Å². The third kappa shape index (κ3) is 5.40. The standard InChI is InChI=1S/C15H22OS/c1-11(2)9-17-10-15(16)8-14-7-12(3)5-6-13(14)4/h5-7,11H,8-10H2,1-4H3. The van der Waals surface area contributed by atoms with Gasteiger partial charge in [-0.25, -0.2) is 0 Å². The number of rotatable bonds is 6. The second kappa shape index (κ2) is 6.85. The Morgan fingerprint density at radius 3 is 2.65 bits per heavy atom. The summed E-state index contributed by atoms with van der Waals surface area (Å²) in [5, 5.41) is 0. The van der Waals surface area contributed by atoms with Gasteiger partial charge in [0.25, 0.3) is 0 Å². The van der Waals surface area contributed by atoms with E-state index in [0.29, 0.717) is 23.9 Å². The van der Waals surface area contributed by atoms with Crippen LogP contribution in [0.15, 0.2) is 18.2 Å². The van der Waals surface area contributed by atoms with E-state index in [9.17, 15) is 4.79 Å². The molecule has 0 fully saturated rings. The number of thioether (sulfide) groups is 1. The number of hydrogen-bond donors (Lipinski definition) is 0. The number of aryl methyl sites for hydroxylation is 2. The number of carbonyl (C=O) groups is 1. The molecule has 0 saturated heterocycles. The Morgan fingerprint density at radius 2 is 2.00 bits per heavy atom. The Balaban J connectivity index is 2.47. The number of ketones is 1. The van der Waals surface area contributed by atoms with Gasteiger partial charge in [-0.3, -0.25) is 4.79 Å². The quantitative estimate of drug-likeness (QED) is 0.764. The minimum absolute atomic E-state index is 0.337. The molecule has 17 heavy (non-hydrogen) atoms. The first-order chi connectivity index (χ1) is 7.99. The molecule has 0 aliphatic rings. The molecule has 1 nitrogen and oxygen atoms in total. The van der Waals surface area contributed by atoms with E-state index in [1.54, 1.807) is 11.8 Å². The highest BCUT2D eigenvalue weighted by atomic mass is 32.2. The summed E-state index contributed by atoms with van der Waals surface area (Å²) in [4.78, 5) is 11.8. The van der Waals surface area contributed by atoms with Crippen LogP contribution in [-0.4, -0.2) is 17.3 Å². The van der Waals surface area contributed by atoms with Crippen molar-refractivity contribution in [1.82, 2.24) is 0 Å². The summed E-state index contributed by atoms with van der Waals surface area (Å²) < 4.78 is 0. The molecule has 0 saturated carbocycles. The first-order valence-corrected chi connectivity index (χ1v) is 7.30. The highest BCUT2D eigenvalue weighted by molar-refractivity contribution is 7.99. The predicted octanol–water partition coefficient (Wildman–Crippen LogP) is 3.80. The molecule has 1 rings (SSSR count). The first-order valence-electron chi connectivity index (χ1n) is 6.14. The molecule has 2 heteroatoms. The van der Waals surface area contributed by atoms with Crippen LogP contribution in [0.5, 0.6) is 0 Å². The smallest absolute Gasteiger partial charge is 0.147 e. The number of hydrogen-bond acceptors (Lipinski definition) is 2. The highest BCUT2D eigenvalue weighted by Gasteiger charge is 2.07. The van der Waals surface area contributed by atoms with E-state index in [0.717, 1.165) is 5.75 Å². The Morgan fingerprint density at radius 1 is 1.29 bits per heavy atom. The molecule has 0 aromatic heterocycles. The zero-order chi connectivity index (χ0) is 12.8. The summed E-state index contributed by atoms with van der Waals surface area (Å²) in [6, 6.07) is 6.32. The molecule has 1 aromatic carbocycles. The lowest BCUT2D eigenvalue weighted by atomic mass is 10.0. The van der Waals surface area contributed by atoms with E-state index in [1.165, 1.54) is 16.7 Å². The van der Waals surface area contributed by atoms with Crippen molar-refractivity contribution in [1.29, 1.82) is 0 Å². The molecule has 0 spiro atoms. The second-order valence-electron chi connectivity index (χ2n) is 5.05. The van der Waals surface area contributed by atoms with E-state index in [2.05, 4.69) is 45.9 Å². The maximum atomic E-state index is 11.8. The average molecular weight is 250 g/mol. The lowest BCUT2D eigenvalue weighted by molar-refractivity contribution is -0.116. The van der Waals surface area contributed by atoms with Crippen LogP contribution in [0.1, 0.15) is 30.5 Å². The molecule has 0 bridgehead atoms. The molecule has 0 radical (unpaired) electrons. The fourth-order valence-corrected chi connectivity index (χ4v) is 2.58. The molecule has 0 N–H and O–H groups in total. The third-order valence-corrected chi connectivity index (χ3v) is 4.03. The minimum atomic E-state index is 0.337. The maximum Gasteiger partial charge on any atom is 0.147 e. The van der Waals surface area contributed by atoms with E-state index in [1.807, 2.05) is 0 Å². The topological polar surface area (TPSA) is 17.1 Å². The van der Waals surface area contributed by atoms with Crippen molar-refractivity contribution >= 4 is 17.5 Å². The molecule has 1 aromatic rings. The predicted molar refractivity (Wildman–Crippen MR) is 76.8 cm³/mol. The largest absolute Gasteiger partial charge is 0.298 e. The maximum absolute atomic E-state index is 11.8. The van der Waals surface area contributed by atoms with Gasteiger partial charge >= 0.3 is 0 Å². The zero-order valence-corrected chi connectivity index (χ0v) is 12.1. The minimum Gasteiger partial charge on any atom is -0.298 e. The third-order valence-electron chi connectivity index (χ3n) is 2.61. The number of benzene rings is 1. The van der Waals surface area contributed by atoms with Crippen molar-refractivity contribution < 1.29 is 4.79 Å². The molecule has 0 atom stereocenters. The van der Waals surface area contributed by atoms with Crippen LogP contribution in [0.25, 0.3) is 0 Å². The number of Topliss-reactive ketones (excluding diaryl/α,β-unsaturated/α-hetero) is 1. The van der Waals surface area contributed by atoms with Crippen molar-refractivity contribution in [3.63, 3.8) is 0 Å². The summed E-state index contributed by atoms with van der Waals surface area (Å²) in [5.74, 6) is 2.71. The van der Waals surface area contributed by atoms with Crippen LogP contribution in [0.4, 0.5) is 0 Å². The van der Waals surface area contributed by atoms with Gasteiger partial charge < -0.3 is 0 Å². The molecule has 0 aliphatic carbocycles. The van der Waals surface area contributed by atoms with Crippen LogP contribution in [0, 0.1) is 19.8 Å². The van der Waals surface area contributed by atoms with Gasteiger partial charge in [0.05, 0.1) is 5.75 Å². The van der Waals surface area contributed by atoms with E-state index in [4.69, 9.17) is 0 Å². The van der Waals surface area contributed by atoms with Gasteiger partial charge in [-0.15, -0.1) is 0 Å². The lowest BCUT2D eigenvalue weighted by Crippen LogP contribution is -2.08. The van der Waals surface area contributed by atoms with Crippen LogP contribution in [0.3, 0.4) is 0 Å². The van der Waals surface area contributed by atoms with Crippen LogP contribution >= 0.6 is 11.8 Å². The van der Waals surface area contributed by atoms with E-state index in [-0.39, 0.29) is 0 Å². The fraction of sp³-hybridized carbons (Fsp3) is 0.533. The molecule has 94 valence electrons. The Labute approximate surface area is 109 Å². The van der Waals surface area contributed by atoms with Gasteiger partial charge in [0.1, 0.15) is 5.78 Å². The van der Waals surface area contributed by atoms with Gasteiger partial charge in [0, 0.05) is 6.42 Å². The second-order valence-corrected chi connectivity index (χ2v) is 6.08. The van der Waals surface area contributed by atoms with Gasteiger partial charge in [-0.1, -0.05) is 37.6 Å². The van der Waals surface area contributed by atoms with Gasteiger partial charge in [-0.2, -0.15) is 11.8 Å². The lowest BCUT2D eigenvalue weighted by Gasteiger charge is -2.07. The summed E-state index contributed by atoms with van der Waals surface area (Å²) in [5.41, 5.74) is 3.63.